The van der Waals surface area contributed by atoms with E-state index in [4.69, 9.17) is 11.6 Å². The number of rotatable bonds is 9. The number of pyridine rings is 1. The van der Waals surface area contributed by atoms with Crippen LogP contribution in [0.5, 0.6) is 0 Å². The van der Waals surface area contributed by atoms with E-state index in [1.807, 2.05) is 37.3 Å². The average Bonchev–Trinajstić information content (AvgIpc) is 3.70. The Morgan fingerprint density at radius 1 is 1.05 bits per heavy atom. The van der Waals surface area contributed by atoms with Gasteiger partial charge in [-0.05, 0) is 54.7 Å². The highest BCUT2D eigenvalue weighted by Gasteiger charge is 2.66. The van der Waals surface area contributed by atoms with Gasteiger partial charge in [0.05, 0.1) is 40.7 Å². The number of fused-ring (bicyclic) bond motifs is 1. The van der Waals surface area contributed by atoms with Crippen molar-refractivity contribution in [2.24, 2.45) is 0 Å². The molecule has 0 unspecified atom stereocenters. The summed E-state index contributed by atoms with van der Waals surface area (Å²) >= 11 is 6.61. The maximum absolute atomic E-state index is 13.9. The second-order valence-electron chi connectivity index (χ2n) is 10.8. The molecule has 0 spiro atoms. The highest BCUT2D eigenvalue weighted by molar-refractivity contribution is 6.32. The van der Waals surface area contributed by atoms with Gasteiger partial charge < -0.3 is 10.6 Å². The fourth-order valence-electron chi connectivity index (χ4n) is 5.42. The predicted octanol–water partition coefficient (Wildman–Crippen LogP) is 8.31. The summed E-state index contributed by atoms with van der Waals surface area (Å²) in [6.45, 7) is 2.03. The first kappa shape index (κ1) is 29.4. The first-order chi connectivity index (χ1) is 21.1. The Kier molecular flexibility index (Phi) is 7.63. The van der Waals surface area contributed by atoms with Gasteiger partial charge in [-0.1, -0.05) is 66.2 Å². The van der Waals surface area contributed by atoms with Gasteiger partial charge in [0, 0.05) is 16.6 Å². The van der Waals surface area contributed by atoms with Crippen LogP contribution in [0, 0.1) is 17.1 Å². The molecule has 1 aliphatic rings. The number of alkyl halides is 3. The summed E-state index contributed by atoms with van der Waals surface area (Å²) < 4.78 is 56.3. The fraction of sp³-hybridized carbons (Fsp3) is 0.250. The van der Waals surface area contributed by atoms with Gasteiger partial charge in [-0.3, -0.25) is 4.98 Å². The highest BCUT2D eigenvalue weighted by atomic mass is 35.5. The second kappa shape index (κ2) is 11.4. The zero-order valence-electron chi connectivity index (χ0n) is 23.4. The van der Waals surface area contributed by atoms with Crippen LogP contribution in [0.4, 0.5) is 28.9 Å². The molecule has 2 heterocycles. The Morgan fingerprint density at radius 3 is 2.41 bits per heavy atom. The van der Waals surface area contributed by atoms with Crippen molar-refractivity contribution in [2.45, 2.75) is 50.0 Å². The molecule has 1 aliphatic carbocycles. The standard InChI is InChI=1S/C32H26ClF4N7/c1-2-25(19-6-4-3-5-7-19)40-28-21(16-38)17-39-30-24(28)14-22(33)15-26(30)41-29(20-8-10-23(34)11-9-20)27-18-44(43-42-27)31(12-13-31)32(35,36)37/h3-11,14-15,17-18,25,29,41H,2,12-13H2,1H3,(H,39,40)/t25-,29+/m1/s1. The van der Waals surface area contributed by atoms with E-state index in [0.717, 1.165) is 16.7 Å². The van der Waals surface area contributed by atoms with Gasteiger partial charge in [0.15, 0.2) is 5.54 Å². The molecule has 7 nitrogen and oxygen atoms in total. The van der Waals surface area contributed by atoms with Crippen molar-refractivity contribution in [1.29, 1.82) is 5.26 Å². The summed E-state index contributed by atoms with van der Waals surface area (Å²) in [6.07, 6.45) is -1.20. The second-order valence-corrected chi connectivity index (χ2v) is 11.2. The summed E-state index contributed by atoms with van der Waals surface area (Å²) in [7, 11) is 0. The lowest BCUT2D eigenvalue weighted by Gasteiger charge is -2.23. The molecular formula is C32H26ClF4N7. The normalized spacial score (nSPS) is 15.4. The summed E-state index contributed by atoms with van der Waals surface area (Å²) in [5.41, 5.74) is 1.45. The number of nitriles is 1. The fourth-order valence-corrected chi connectivity index (χ4v) is 5.63. The molecule has 2 aromatic heterocycles. The number of hydrogen-bond acceptors (Lipinski definition) is 6. The lowest BCUT2D eigenvalue weighted by Crippen LogP contribution is -2.35. The number of hydrogen-bond donors (Lipinski definition) is 2. The minimum Gasteiger partial charge on any atom is -0.377 e. The number of anilines is 2. The summed E-state index contributed by atoms with van der Waals surface area (Å²) in [6, 6.07) is 20.0. The van der Waals surface area contributed by atoms with Crippen LogP contribution in [0.25, 0.3) is 10.9 Å². The third-order valence-corrected chi connectivity index (χ3v) is 8.20. The quantitative estimate of drug-likeness (QED) is 0.161. The SMILES string of the molecule is CC[C@@H](Nc1c(C#N)cnc2c(N[C@@H](c3ccc(F)cc3)c3cn(C4(C(F)(F)F)CC4)nn3)cc(Cl)cc12)c1ccccc1. The Morgan fingerprint density at radius 2 is 1.77 bits per heavy atom. The van der Waals surface area contributed by atoms with E-state index in [9.17, 15) is 22.8 Å². The van der Waals surface area contributed by atoms with Crippen molar-refractivity contribution in [3.8, 4) is 6.07 Å². The van der Waals surface area contributed by atoms with E-state index in [-0.39, 0.29) is 24.6 Å². The Bertz CT molecular complexity index is 1850. The van der Waals surface area contributed by atoms with E-state index >= 15 is 0 Å². The summed E-state index contributed by atoms with van der Waals surface area (Å²) in [4.78, 5) is 4.57. The Balaban J connectivity index is 1.44. The molecular weight excluding hydrogens is 594 g/mol. The van der Waals surface area contributed by atoms with E-state index < -0.39 is 23.6 Å². The van der Waals surface area contributed by atoms with Crippen LogP contribution in [0.1, 0.15) is 60.7 Å². The molecule has 2 atom stereocenters. The van der Waals surface area contributed by atoms with Gasteiger partial charge in [0.1, 0.15) is 17.6 Å². The largest absolute Gasteiger partial charge is 0.413 e. The molecule has 1 saturated carbocycles. The first-order valence-electron chi connectivity index (χ1n) is 14.0. The molecule has 5 aromatic rings. The van der Waals surface area contributed by atoms with Gasteiger partial charge in [0.25, 0.3) is 0 Å². The summed E-state index contributed by atoms with van der Waals surface area (Å²) in [5, 5.41) is 25.7. The highest BCUT2D eigenvalue weighted by Crippen LogP contribution is 2.55. The molecule has 224 valence electrons. The third-order valence-electron chi connectivity index (χ3n) is 7.99. The molecule has 0 saturated heterocycles. The van der Waals surface area contributed by atoms with E-state index in [2.05, 4.69) is 32.0 Å². The smallest absolute Gasteiger partial charge is 0.377 e. The number of nitrogens with zero attached hydrogens (tertiary/aromatic N) is 5. The van der Waals surface area contributed by atoms with Crippen LogP contribution in [-0.4, -0.2) is 26.2 Å². The molecule has 0 bridgehead atoms. The Hall–Kier alpha value is -4.69. The van der Waals surface area contributed by atoms with Gasteiger partial charge >= 0.3 is 6.18 Å². The van der Waals surface area contributed by atoms with Crippen molar-refractivity contribution < 1.29 is 17.6 Å². The molecule has 6 rings (SSSR count). The lowest BCUT2D eigenvalue weighted by molar-refractivity contribution is -0.182. The number of nitrogens with one attached hydrogen (secondary N) is 2. The van der Waals surface area contributed by atoms with Crippen molar-refractivity contribution in [3.63, 3.8) is 0 Å². The van der Waals surface area contributed by atoms with Crippen LogP contribution in [-0.2, 0) is 5.54 Å². The Labute approximate surface area is 255 Å². The molecule has 1 fully saturated rings. The van der Waals surface area contributed by atoms with Crippen LogP contribution < -0.4 is 10.6 Å². The monoisotopic (exact) mass is 619 g/mol. The van der Waals surface area contributed by atoms with Gasteiger partial charge in [-0.15, -0.1) is 5.10 Å². The molecule has 2 N–H and O–H groups in total. The molecule has 0 radical (unpaired) electrons. The molecule has 12 heteroatoms. The van der Waals surface area contributed by atoms with Crippen molar-refractivity contribution >= 4 is 33.9 Å². The van der Waals surface area contributed by atoms with Crippen LogP contribution in [0.2, 0.25) is 5.02 Å². The zero-order valence-corrected chi connectivity index (χ0v) is 24.2. The molecule has 44 heavy (non-hydrogen) atoms. The van der Waals surface area contributed by atoms with Gasteiger partial charge in [-0.25, -0.2) is 9.07 Å². The van der Waals surface area contributed by atoms with Crippen molar-refractivity contribution in [3.05, 3.63) is 112 Å². The number of halogens is 5. The van der Waals surface area contributed by atoms with Crippen LogP contribution in [0.3, 0.4) is 0 Å². The molecule has 0 amide bonds. The maximum Gasteiger partial charge on any atom is 0.413 e. The van der Waals surface area contributed by atoms with Gasteiger partial charge in [0.2, 0.25) is 0 Å². The molecule has 3 aromatic carbocycles. The summed E-state index contributed by atoms with van der Waals surface area (Å²) in [5.74, 6) is -0.469. The number of aromatic nitrogens is 4. The van der Waals surface area contributed by atoms with E-state index in [0.29, 0.717) is 38.4 Å². The first-order valence-corrected chi connectivity index (χ1v) is 14.4. The maximum atomic E-state index is 13.9. The van der Waals surface area contributed by atoms with E-state index in [1.54, 1.807) is 12.1 Å². The minimum absolute atomic E-state index is 0.0878. The average molecular weight is 620 g/mol. The number of benzene rings is 3. The zero-order chi connectivity index (χ0) is 31.1. The van der Waals surface area contributed by atoms with Crippen LogP contribution in [0.15, 0.2) is 79.1 Å². The third kappa shape index (κ3) is 5.42. The van der Waals surface area contributed by atoms with Crippen LogP contribution >= 0.6 is 11.6 Å². The predicted molar refractivity (Wildman–Crippen MR) is 160 cm³/mol. The van der Waals surface area contributed by atoms with Crippen molar-refractivity contribution in [2.75, 3.05) is 10.6 Å². The minimum atomic E-state index is -4.48. The lowest BCUT2D eigenvalue weighted by atomic mass is 10.0. The molecule has 0 aliphatic heterocycles. The topological polar surface area (TPSA) is 91.5 Å². The van der Waals surface area contributed by atoms with E-state index in [1.165, 1.54) is 36.7 Å². The van der Waals surface area contributed by atoms with Crippen molar-refractivity contribution in [1.82, 2.24) is 20.0 Å². The van der Waals surface area contributed by atoms with Gasteiger partial charge in [-0.2, -0.15) is 18.4 Å².